The Bertz CT molecular complexity index is 338. The van der Waals surface area contributed by atoms with Crippen LogP contribution in [0.15, 0.2) is 26.8 Å². The van der Waals surface area contributed by atoms with Gasteiger partial charge in [-0.1, -0.05) is 5.92 Å². The Morgan fingerprint density at radius 1 is 1.00 bits per heavy atom. The molecule has 1 rings (SSSR count). The average molecular weight is 240 g/mol. The molecule has 0 N–H and O–H groups in total. The van der Waals surface area contributed by atoms with Crippen molar-refractivity contribution in [2.24, 2.45) is 0 Å². The molecule has 0 heterocycles. The Morgan fingerprint density at radius 2 is 1.50 bits per heavy atom. The normalized spacial score (nSPS) is 9.86. The summed E-state index contributed by atoms with van der Waals surface area (Å²) in [6.07, 6.45) is 11.7. The molecule has 14 heavy (non-hydrogen) atoms. The second-order valence-electron chi connectivity index (χ2n) is 2.55. The summed E-state index contributed by atoms with van der Waals surface area (Å²) in [5, 5.41) is 0. The fourth-order valence-corrected chi connectivity index (χ4v) is 3.07. The lowest BCUT2D eigenvalue weighted by atomic mass is 10.2. The van der Waals surface area contributed by atoms with E-state index in [1.807, 2.05) is 0 Å². The maximum atomic E-state index is 5.51. The van der Waals surface area contributed by atoms with Crippen LogP contribution in [0.1, 0.15) is 5.56 Å². The minimum Gasteiger partial charge on any atom is -0.130 e. The van der Waals surface area contributed by atoms with Crippen molar-refractivity contribution in [3.63, 3.8) is 0 Å². The molecule has 0 spiro atoms. The summed E-state index contributed by atoms with van der Waals surface area (Å²) in [6, 6.07) is 4.31. The number of rotatable bonds is 3. The van der Waals surface area contributed by atoms with E-state index < -0.39 is 0 Å². The van der Waals surface area contributed by atoms with Crippen LogP contribution in [-0.2, 0) is 0 Å². The van der Waals surface area contributed by atoms with Crippen molar-refractivity contribution in [1.82, 2.24) is 0 Å². The molecular formula is C11H12S3. The van der Waals surface area contributed by atoms with Gasteiger partial charge in [-0.15, -0.1) is 41.7 Å². The van der Waals surface area contributed by atoms with Crippen LogP contribution < -0.4 is 0 Å². The molecule has 0 amide bonds. The van der Waals surface area contributed by atoms with Crippen LogP contribution in [0.2, 0.25) is 0 Å². The maximum Gasteiger partial charge on any atom is 0.0514 e. The quantitative estimate of drug-likeness (QED) is 0.582. The van der Waals surface area contributed by atoms with Gasteiger partial charge in [0, 0.05) is 14.7 Å². The third-order valence-electron chi connectivity index (χ3n) is 1.86. The van der Waals surface area contributed by atoms with Crippen LogP contribution in [0.25, 0.3) is 0 Å². The zero-order valence-electron chi connectivity index (χ0n) is 8.46. The largest absolute Gasteiger partial charge is 0.130 e. The second-order valence-corrected chi connectivity index (χ2v) is 5.13. The lowest BCUT2D eigenvalue weighted by molar-refractivity contribution is 1.21. The Balaban J connectivity index is 3.34. The highest BCUT2D eigenvalue weighted by Gasteiger charge is 2.07. The first-order valence-corrected chi connectivity index (χ1v) is 7.70. The molecule has 0 fully saturated rings. The molecule has 0 bridgehead atoms. The van der Waals surface area contributed by atoms with Gasteiger partial charge < -0.3 is 0 Å². The Labute approximate surface area is 98.6 Å². The summed E-state index contributed by atoms with van der Waals surface area (Å²) in [7, 11) is 0. The topological polar surface area (TPSA) is 0 Å². The van der Waals surface area contributed by atoms with E-state index in [2.05, 4.69) is 36.8 Å². The van der Waals surface area contributed by atoms with Crippen LogP contribution in [0.4, 0.5) is 0 Å². The molecule has 0 aliphatic carbocycles. The molecule has 1 aromatic rings. The van der Waals surface area contributed by atoms with E-state index in [9.17, 15) is 0 Å². The standard InChI is InChI=1S/C11H12S3/c1-5-9-10(13-3)6-8(12-2)7-11(9)14-4/h1,6-7H,2-4H3. The minimum absolute atomic E-state index is 1.03. The SMILES string of the molecule is C#Cc1c(SC)cc(SC)cc1SC. The van der Waals surface area contributed by atoms with Crippen LogP contribution in [-0.4, -0.2) is 18.8 Å². The third-order valence-corrected chi connectivity index (χ3v) is 4.09. The van der Waals surface area contributed by atoms with Crippen LogP contribution in [0.5, 0.6) is 0 Å². The lowest BCUT2D eigenvalue weighted by Gasteiger charge is -2.09. The van der Waals surface area contributed by atoms with Gasteiger partial charge in [0.1, 0.15) is 0 Å². The maximum absolute atomic E-state index is 5.51. The average Bonchev–Trinajstić information content (AvgIpc) is 2.26. The van der Waals surface area contributed by atoms with Crippen molar-refractivity contribution in [3.05, 3.63) is 17.7 Å². The summed E-state index contributed by atoms with van der Waals surface area (Å²) in [6.45, 7) is 0. The van der Waals surface area contributed by atoms with E-state index in [1.54, 1.807) is 35.3 Å². The fraction of sp³-hybridized carbons (Fsp3) is 0.273. The smallest absolute Gasteiger partial charge is 0.0514 e. The van der Waals surface area contributed by atoms with Crippen molar-refractivity contribution in [2.75, 3.05) is 18.8 Å². The highest BCUT2D eigenvalue weighted by molar-refractivity contribution is 8.00. The van der Waals surface area contributed by atoms with E-state index >= 15 is 0 Å². The Kier molecular flexibility index (Phi) is 4.80. The van der Waals surface area contributed by atoms with Crippen LogP contribution >= 0.6 is 35.3 Å². The van der Waals surface area contributed by atoms with Crippen molar-refractivity contribution in [2.45, 2.75) is 14.7 Å². The summed E-state index contributed by atoms with van der Waals surface area (Å²) >= 11 is 5.17. The molecule has 0 saturated heterocycles. The molecule has 0 saturated carbocycles. The van der Waals surface area contributed by atoms with Gasteiger partial charge in [-0.2, -0.15) is 0 Å². The van der Waals surface area contributed by atoms with E-state index in [1.165, 1.54) is 14.7 Å². The zero-order valence-corrected chi connectivity index (χ0v) is 10.9. The van der Waals surface area contributed by atoms with E-state index in [0.29, 0.717) is 0 Å². The number of terminal acetylenes is 1. The van der Waals surface area contributed by atoms with Crippen LogP contribution in [0, 0.1) is 12.3 Å². The molecule has 0 atom stereocenters. The molecule has 0 nitrogen and oxygen atoms in total. The zero-order chi connectivity index (χ0) is 10.6. The highest BCUT2D eigenvalue weighted by atomic mass is 32.2. The predicted octanol–water partition coefficient (Wildman–Crippen LogP) is 3.83. The van der Waals surface area contributed by atoms with E-state index in [4.69, 9.17) is 6.42 Å². The number of benzene rings is 1. The van der Waals surface area contributed by atoms with E-state index in [0.717, 1.165) is 5.56 Å². The molecule has 0 unspecified atom stereocenters. The van der Waals surface area contributed by atoms with Crippen molar-refractivity contribution < 1.29 is 0 Å². The molecule has 1 aromatic carbocycles. The van der Waals surface area contributed by atoms with Gasteiger partial charge in [-0.25, -0.2) is 0 Å². The lowest BCUT2D eigenvalue weighted by Crippen LogP contribution is -1.86. The molecule has 0 radical (unpaired) electrons. The molecule has 3 heteroatoms. The third kappa shape index (κ3) is 2.44. The number of thioether (sulfide) groups is 3. The van der Waals surface area contributed by atoms with Gasteiger partial charge in [0.15, 0.2) is 0 Å². The summed E-state index contributed by atoms with van der Waals surface area (Å²) in [5.41, 5.74) is 1.03. The van der Waals surface area contributed by atoms with Crippen molar-refractivity contribution >= 4 is 35.3 Å². The molecule has 74 valence electrons. The van der Waals surface area contributed by atoms with Crippen molar-refractivity contribution in [3.8, 4) is 12.3 Å². The fourth-order valence-electron chi connectivity index (χ4n) is 1.15. The van der Waals surface area contributed by atoms with Gasteiger partial charge in [0.25, 0.3) is 0 Å². The number of hydrogen-bond acceptors (Lipinski definition) is 3. The molecular weight excluding hydrogens is 228 g/mol. The van der Waals surface area contributed by atoms with Crippen molar-refractivity contribution in [1.29, 1.82) is 0 Å². The minimum atomic E-state index is 1.03. The Morgan fingerprint density at radius 3 is 1.79 bits per heavy atom. The summed E-state index contributed by atoms with van der Waals surface area (Å²) in [5.74, 6) is 2.77. The monoisotopic (exact) mass is 240 g/mol. The second kappa shape index (κ2) is 5.65. The predicted molar refractivity (Wildman–Crippen MR) is 69.7 cm³/mol. The van der Waals surface area contributed by atoms with Gasteiger partial charge in [-0.05, 0) is 30.9 Å². The number of hydrogen-bond donors (Lipinski definition) is 0. The first-order chi connectivity index (χ1) is 6.76. The molecule has 0 aliphatic rings. The first kappa shape index (κ1) is 11.9. The van der Waals surface area contributed by atoms with Gasteiger partial charge >= 0.3 is 0 Å². The van der Waals surface area contributed by atoms with Gasteiger partial charge in [-0.3, -0.25) is 0 Å². The summed E-state index contributed by atoms with van der Waals surface area (Å²) in [4.78, 5) is 3.67. The van der Waals surface area contributed by atoms with Crippen LogP contribution in [0.3, 0.4) is 0 Å². The highest BCUT2D eigenvalue weighted by Crippen LogP contribution is 2.33. The Hall–Kier alpha value is -0.170. The van der Waals surface area contributed by atoms with E-state index in [-0.39, 0.29) is 0 Å². The summed E-state index contributed by atoms with van der Waals surface area (Å²) < 4.78 is 0. The first-order valence-electron chi connectivity index (χ1n) is 4.03. The van der Waals surface area contributed by atoms with Gasteiger partial charge in [0.2, 0.25) is 0 Å². The van der Waals surface area contributed by atoms with Gasteiger partial charge in [0.05, 0.1) is 5.56 Å². The molecule has 0 aliphatic heterocycles. The molecule has 0 aromatic heterocycles.